The van der Waals surface area contributed by atoms with E-state index in [9.17, 15) is 4.79 Å². The Morgan fingerprint density at radius 1 is 1.73 bits per heavy atom. The minimum absolute atomic E-state index is 0.0538. The van der Waals surface area contributed by atoms with Gasteiger partial charge in [0.15, 0.2) is 5.78 Å². The smallest absolute Gasteiger partial charge is 0.214 e. The molecule has 0 saturated heterocycles. The lowest BCUT2D eigenvalue weighted by molar-refractivity contribution is -0.195. The molecule has 0 aromatic heterocycles. The lowest BCUT2D eigenvalue weighted by Crippen LogP contribution is -2.35. The zero-order valence-electron chi connectivity index (χ0n) is 7.01. The lowest BCUT2D eigenvalue weighted by Gasteiger charge is -2.31. The molecule has 0 radical (unpaired) electrons. The standard InChI is InChI=1S/C8H12O3/c1-6-4-7(9)5-8(2,10-3)11-6/h4H,5H2,1-3H3. The van der Waals surface area contributed by atoms with E-state index in [4.69, 9.17) is 9.47 Å². The van der Waals surface area contributed by atoms with Gasteiger partial charge in [-0.3, -0.25) is 4.79 Å². The van der Waals surface area contributed by atoms with Crippen molar-refractivity contribution >= 4 is 5.78 Å². The largest absolute Gasteiger partial charge is 0.467 e. The van der Waals surface area contributed by atoms with Crippen molar-refractivity contribution in [2.45, 2.75) is 26.1 Å². The molecule has 0 aromatic rings. The number of allylic oxidation sites excluding steroid dienone is 2. The number of hydrogen-bond donors (Lipinski definition) is 0. The van der Waals surface area contributed by atoms with E-state index in [-0.39, 0.29) is 5.78 Å². The summed E-state index contributed by atoms with van der Waals surface area (Å²) in [5.41, 5.74) is 0. The van der Waals surface area contributed by atoms with E-state index in [1.165, 1.54) is 13.2 Å². The molecule has 1 aliphatic rings. The lowest BCUT2D eigenvalue weighted by atomic mass is 10.1. The second kappa shape index (κ2) is 2.66. The van der Waals surface area contributed by atoms with Gasteiger partial charge in [-0.05, 0) is 6.92 Å². The van der Waals surface area contributed by atoms with E-state index in [0.29, 0.717) is 12.2 Å². The molecule has 0 N–H and O–H groups in total. The summed E-state index contributed by atoms with van der Waals surface area (Å²) in [6, 6.07) is 0. The molecule has 1 aliphatic heterocycles. The van der Waals surface area contributed by atoms with Crippen molar-refractivity contribution < 1.29 is 14.3 Å². The Bertz CT molecular complexity index is 207. The van der Waals surface area contributed by atoms with Crippen LogP contribution in [0, 0.1) is 0 Å². The zero-order valence-corrected chi connectivity index (χ0v) is 7.01. The number of carbonyl (C=O) groups excluding carboxylic acids is 1. The van der Waals surface area contributed by atoms with E-state index >= 15 is 0 Å². The van der Waals surface area contributed by atoms with Crippen molar-refractivity contribution in [3.63, 3.8) is 0 Å². The molecule has 0 bridgehead atoms. The third kappa shape index (κ3) is 1.80. The van der Waals surface area contributed by atoms with Gasteiger partial charge in [0.25, 0.3) is 0 Å². The van der Waals surface area contributed by atoms with Gasteiger partial charge in [0, 0.05) is 20.1 Å². The third-order valence-corrected chi connectivity index (χ3v) is 1.67. The molecule has 3 nitrogen and oxygen atoms in total. The predicted octanol–water partition coefficient (Wildman–Crippen LogP) is 1.24. The van der Waals surface area contributed by atoms with Crippen LogP contribution in [0.3, 0.4) is 0 Å². The molecule has 62 valence electrons. The Morgan fingerprint density at radius 2 is 2.36 bits per heavy atom. The molecule has 0 aliphatic carbocycles. The van der Waals surface area contributed by atoms with Gasteiger partial charge < -0.3 is 9.47 Å². The van der Waals surface area contributed by atoms with Crippen LogP contribution < -0.4 is 0 Å². The number of ketones is 1. The van der Waals surface area contributed by atoms with Crippen LogP contribution >= 0.6 is 0 Å². The summed E-state index contributed by atoms with van der Waals surface area (Å²) in [6.07, 6.45) is 1.78. The summed E-state index contributed by atoms with van der Waals surface area (Å²) in [5, 5.41) is 0. The van der Waals surface area contributed by atoms with E-state index in [1.54, 1.807) is 13.8 Å². The first-order valence-electron chi connectivity index (χ1n) is 3.51. The van der Waals surface area contributed by atoms with Gasteiger partial charge in [0.05, 0.1) is 6.42 Å². The first-order valence-corrected chi connectivity index (χ1v) is 3.51. The molecule has 3 heteroatoms. The van der Waals surface area contributed by atoms with Gasteiger partial charge in [-0.2, -0.15) is 0 Å². The summed E-state index contributed by atoms with van der Waals surface area (Å²) in [6.45, 7) is 3.50. The Balaban J connectivity index is 2.79. The highest BCUT2D eigenvalue weighted by atomic mass is 16.7. The third-order valence-electron chi connectivity index (χ3n) is 1.67. The molecule has 1 unspecified atom stereocenters. The Morgan fingerprint density at radius 3 is 2.82 bits per heavy atom. The second-order valence-electron chi connectivity index (χ2n) is 2.84. The molecule has 0 saturated carbocycles. The Labute approximate surface area is 66.0 Å². The molecular weight excluding hydrogens is 144 g/mol. The van der Waals surface area contributed by atoms with Crippen LogP contribution in [0.4, 0.5) is 0 Å². The summed E-state index contributed by atoms with van der Waals surface area (Å²) in [5.74, 6) is -0.0840. The normalized spacial score (nSPS) is 31.2. The molecular formula is C8H12O3. The number of rotatable bonds is 1. The van der Waals surface area contributed by atoms with Crippen LogP contribution in [0.15, 0.2) is 11.8 Å². The fourth-order valence-corrected chi connectivity index (χ4v) is 1.11. The highest BCUT2D eigenvalue weighted by Gasteiger charge is 2.32. The SMILES string of the molecule is COC1(C)CC(=O)C=C(C)O1. The Kier molecular flexibility index (Phi) is 2.00. The number of carbonyl (C=O) groups is 1. The maximum absolute atomic E-state index is 11.0. The number of hydrogen-bond acceptors (Lipinski definition) is 3. The van der Waals surface area contributed by atoms with Crippen molar-refractivity contribution in [3.05, 3.63) is 11.8 Å². The summed E-state index contributed by atoms with van der Waals surface area (Å²) in [4.78, 5) is 11.0. The number of ether oxygens (including phenoxy) is 2. The topological polar surface area (TPSA) is 35.5 Å². The summed E-state index contributed by atoms with van der Waals surface area (Å²) < 4.78 is 10.3. The molecule has 1 rings (SSSR count). The highest BCUT2D eigenvalue weighted by molar-refractivity contribution is 5.91. The first-order chi connectivity index (χ1) is 5.06. The van der Waals surface area contributed by atoms with Gasteiger partial charge >= 0.3 is 0 Å². The van der Waals surface area contributed by atoms with Crippen LogP contribution in [-0.2, 0) is 14.3 Å². The van der Waals surface area contributed by atoms with Crippen LogP contribution in [-0.4, -0.2) is 18.7 Å². The molecule has 1 heterocycles. The fourth-order valence-electron chi connectivity index (χ4n) is 1.11. The molecule has 0 aromatic carbocycles. The van der Waals surface area contributed by atoms with Crippen molar-refractivity contribution in [2.24, 2.45) is 0 Å². The molecule has 0 fully saturated rings. The van der Waals surface area contributed by atoms with Crippen molar-refractivity contribution in [1.29, 1.82) is 0 Å². The average molecular weight is 156 g/mol. The van der Waals surface area contributed by atoms with E-state index in [1.807, 2.05) is 0 Å². The maximum atomic E-state index is 11.0. The maximum Gasteiger partial charge on any atom is 0.214 e. The second-order valence-corrected chi connectivity index (χ2v) is 2.84. The monoisotopic (exact) mass is 156 g/mol. The predicted molar refractivity (Wildman–Crippen MR) is 39.9 cm³/mol. The fraction of sp³-hybridized carbons (Fsp3) is 0.625. The van der Waals surface area contributed by atoms with Gasteiger partial charge in [0.1, 0.15) is 5.76 Å². The van der Waals surface area contributed by atoms with Gasteiger partial charge in [0.2, 0.25) is 5.79 Å². The zero-order chi connectivity index (χ0) is 8.48. The van der Waals surface area contributed by atoms with Gasteiger partial charge in [-0.15, -0.1) is 0 Å². The van der Waals surface area contributed by atoms with Crippen LogP contribution in [0.2, 0.25) is 0 Å². The van der Waals surface area contributed by atoms with Crippen molar-refractivity contribution in [1.82, 2.24) is 0 Å². The van der Waals surface area contributed by atoms with Crippen LogP contribution in [0.25, 0.3) is 0 Å². The average Bonchev–Trinajstić information content (AvgIpc) is 1.84. The minimum Gasteiger partial charge on any atom is -0.467 e. The van der Waals surface area contributed by atoms with Crippen molar-refractivity contribution in [3.8, 4) is 0 Å². The van der Waals surface area contributed by atoms with E-state index in [0.717, 1.165) is 0 Å². The summed E-state index contributed by atoms with van der Waals surface area (Å²) in [7, 11) is 1.53. The Hall–Kier alpha value is -0.830. The molecule has 0 spiro atoms. The molecule has 1 atom stereocenters. The molecule has 0 amide bonds. The minimum atomic E-state index is -0.754. The van der Waals surface area contributed by atoms with Gasteiger partial charge in [-0.1, -0.05) is 0 Å². The quantitative estimate of drug-likeness (QED) is 0.573. The highest BCUT2D eigenvalue weighted by Crippen LogP contribution is 2.24. The van der Waals surface area contributed by atoms with Crippen LogP contribution in [0.5, 0.6) is 0 Å². The van der Waals surface area contributed by atoms with E-state index < -0.39 is 5.79 Å². The number of methoxy groups -OCH3 is 1. The first kappa shape index (κ1) is 8.27. The van der Waals surface area contributed by atoms with Gasteiger partial charge in [-0.25, -0.2) is 0 Å². The van der Waals surface area contributed by atoms with E-state index in [2.05, 4.69) is 0 Å². The molecule has 11 heavy (non-hydrogen) atoms. The van der Waals surface area contributed by atoms with Crippen molar-refractivity contribution in [2.75, 3.05) is 7.11 Å². The van der Waals surface area contributed by atoms with Crippen LogP contribution in [0.1, 0.15) is 20.3 Å². The summed E-state index contributed by atoms with van der Waals surface area (Å²) >= 11 is 0.